The predicted molar refractivity (Wildman–Crippen MR) is 90.4 cm³/mol. The van der Waals surface area contributed by atoms with E-state index in [0.717, 1.165) is 0 Å². The van der Waals surface area contributed by atoms with Gasteiger partial charge in [0.05, 0.1) is 25.4 Å². The Morgan fingerprint density at radius 1 is 1.00 bits per heavy atom. The third-order valence-corrected chi connectivity index (χ3v) is 4.65. The van der Waals surface area contributed by atoms with Crippen LogP contribution in [-0.4, -0.2) is 106 Å². The first-order valence-corrected chi connectivity index (χ1v) is 8.94. The molecule has 12 heteroatoms. The lowest BCUT2D eigenvalue weighted by molar-refractivity contribution is -0.316. The summed E-state index contributed by atoms with van der Waals surface area (Å²) in [5.41, 5.74) is 0. The van der Waals surface area contributed by atoms with Crippen molar-refractivity contribution >= 4 is 11.8 Å². The summed E-state index contributed by atoms with van der Waals surface area (Å²) in [7, 11) is 0. The topological polar surface area (TPSA) is 187 Å². The molecule has 2 aliphatic heterocycles. The number of hydrogen-bond acceptors (Lipinski definition) is 10. The smallest absolute Gasteiger partial charge is 0.217 e. The summed E-state index contributed by atoms with van der Waals surface area (Å²) in [5.74, 6) is -0.997. The van der Waals surface area contributed by atoms with Crippen molar-refractivity contribution in [3.05, 3.63) is 0 Å². The number of nitrogens with one attached hydrogen (secondary N) is 2. The van der Waals surface area contributed by atoms with Gasteiger partial charge in [0.15, 0.2) is 12.6 Å². The third kappa shape index (κ3) is 5.36. The molecule has 0 aromatic heterocycles. The van der Waals surface area contributed by atoms with Crippen LogP contribution in [0.25, 0.3) is 0 Å². The van der Waals surface area contributed by atoms with Crippen LogP contribution in [0.2, 0.25) is 0 Å². The lowest BCUT2D eigenvalue weighted by atomic mass is 9.95. The quantitative estimate of drug-likeness (QED) is 0.228. The highest BCUT2D eigenvalue weighted by atomic mass is 16.7. The van der Waals surface area contributed by atoms with E-state index in [1.807, 2.05) is 0 Å². The Kier molecular flexibility index (Phi) is 8.09. The molecule has 12 nitrogen and oxygen atoms in total. The average molecular weight is 408 g/mol. The molecule has 2 amide bonds. The Morgan fingerprint density at radius 3 is 2.14 bits per heavy atom. The van der Waals surface area contributed by atoms with Gasteiger partial charge in [-0.3, -0.25) is 9.59 Å². The predicted octanol–water partition coefficient (Wildman–Crippen LogP) is -4.08. The molecule has 2 heterocycles. The zero-order chi connectivity index (χ0) is 21.0. The van der Waals surface area contributed by atoms with Crippen molar-refractivity contribution in [2.24, 2.45) is 0 Å². The molecule has 162 valence electrons. The maximum absolute atomic E-state index is 11.5. The lowest BCUT2D eigenvalue weighted by Gasteiger charge is -2.46. The Bertz CT molecular complexity index is 550. The molecule has 0 aromatic rings. The molecule has 7 N–H and O–H groups in total. The Hall–Kier alpha value is -1.38. The molecule has 0 spiro atoms. The summed E-state index contributed by atoms with van der Waals surface area (Å²) in [6.07, 6.45) is -8.69. The van der Waals surface area contributed by atoms with Crippen molar-refractivity contribution in [2.75, 3.05) is 13.2 Å². The second kappa shape index (κ2) is 9.89. The van der Waals surface area contributed by atoms with E-state index in [1.54, 1.807) is 0 Å². The Labute approximate surface area is 161 Å². The highest BCUT2D eigenvalue weighted by Gasteiger charge is 2.49. The summed E-state index contributed by atoms with van der Waals surface area (Å²) in [6, 6.07) is -2.26. The first kappa shape index (κ1) is 22.9. The van der Waals surface area contributed by atoms with Gasteiger partial charge in [0.2, 0.25) is 11.8 Å². The van der Waals surface area contributed by atoms with Gasteiger partial charge in [-0.05, 0) is 0 Å². The molecule has 9 atom stereocenters. The van der Waals surface area contributed by atoms with Crippen LogP contribution in [0.15, 0.2) is 0 Å². The number of rotatable bonds is 6. The van der Waals surface area contributed by atoms with Gasteiger partial charge in [-0.2, -0.15) is 0 Å². The van der Waals surface area contributed by atoms with Crippen LogP contribution in [-0.2, 0) is 23.8 Å². The minimum Gasteiger partial charge on any atom is -0.394 e. The van der Waals surface area contributed by atoms with Crippen LogP contribution in [0, 0.1) is 0 Å². The molecule has 2 saturated heterocycles. The molecule has 28 heavy (non-hydrogen) atoms. The van der Waals surface area contributed by atoms with Crippen LogP contribution < -0.4 is 10.6 Å². The first-order valence-electron chi connectivity index (χ1n) is 8.94. The molecule has 2 rings (SSSR count). The molecule has 0 saturated carbocycles. The van der Waals surface area contributed by atoms with Gasteiger partial charge in [0.1, 0.15) is 30.4 Å². The molecule has 2 aliphatic rings. The van der Waals surface area contributed by atoms with Gasteiger partial charge in [-0.1, -0.05) is 0 Å². The van der Waals surface area contributed by atoms with Crippen molar-refractivity contribution in [3.63, 3.8) is 0 Å². The van der Waals surface area contributed by atoms with Crippen molar-refractivity contribution in [2.45, 2.75) is 75.5 Å². The Balaban J connectivity index is 2.22. The van der Waals surface area contributed by atoms with Gasteiger partial charge in [0.25, 0.3) is 0 Å². The molecule has 0 unspecified atom stereocenters. The largest absolute Gasteiger partial charge is 0.394 e. The number of aliphatic hydroxyl groups is 5. The van der Waals surface area contributed by atoms with Crippen molar-refractivity contribution < 1.29 is 49.3 Å². The second-order valence-electron chi connectivity index (χ2n) is 6.90. The van der Waals surface area contributed by atoms with E-state index in [9.17, 15) is 35.1 Å². The van der Waals surface area contributed by atoms with Crippen LogP contribution in [0.5, 0.6) is 0 Å². The summed E-state index contributed by atoms with van der Waals surface area (Å²) in [5, 5.41) is 54.6. The van der Waals surface area contributed by atoms with E-state index in [0.29, 0.717) is 0 Å². The maximum atomic E-state index is 11.5. The Morgan fingerprint density at radius 2 is 1.61 bits per heavy atom. The molecular formula is C16H28N2O10. The van der Waals surface area contributed by atoms with Crippen LogP contribution >= 0.6 is 0 Å². The lowest BCUT2D eigenvalue weighted by Crippen LogP contribution is -2.67. The number of hydrogen-bond donors (Lipinski definition) is 7. The maximum Gasteiger partial charge on any atom is 0.217 e. The van der Waals surface area contributed by atoms with E-state index in [2.05, 4.69) is 10.6 Å². The van der Waals surface area contributed by atoms with Crippen LogP contribution in [0.1, 0.15) is 20.3 Å². The van der Waals surface area contributed by atoms with Crippen LogP contribution in [0.3, 0.4) is 0 Å². The average Bonchev–Trinajstić information content (AvgIpc) is 2.62. The van der Waals surface area contributed by atoms with Gasteiger partial charge < -0.3 is 50.4 Å². The summed E-state index contributed by atoms with van der Waals surface area (Å²) in [4.78, 5) is 22.8. The summed E-state index contributed by atoms with van der Waals surface area (Å²) < 4.78 is 16.5. The summed E-state index contributed by atoms with van der Waals surface area (Å²) in [6.45, 7) is 1.38. The number of carbonyl (C=O) groups excluding carboxylic acids is 2. The minimum absolute atomic E-state index is 0.0433. The minimum atomic E-state index is -1.59. The van der Waals surface area contributed by atoms with E-state index in [4.69, 9.17) is 14.2 Å². The van der Waals surface area contributed by atoms with Crippen LogP contribution in [0.4, 0.5) is 0 Å². The van der Waals surface area contributed by atoms with Gasteiger partial charge in [0, 0.05) is 20.3 Å². The van der Waals surface area contributed by atoms with Crippen molar-refractivity contribution in [3.8, 4) is 0 Å². The van der Waals surface area contributed by atoms with E-state index in [-0.39, 0.29) is 6.42 Å². The van der Waals surface area contributed by atoms with Gasteiger partial charge in [-0.25, -0.2) is 0 Å². The van der Waals surface area contributed by atoms with Gasteiger partial charge >= 0.3 is 0 Å². The fourth-order valence-corrected chi connectivity index (χ4v) is 3.36. The standard InChI is InChI=1S/C16H28N2O10/c1-6(21)17-11-9(23)3-8(4-19)26-16(11)28-14-10(5-20)27-15(25)12(13(14)24)18-7(2)22/h8-16,19-20,23-25H,3-5H2,1-2H3,(H,17,21)(H,18,22)/t8-,9-,10+,11+,12+,13+,14+,15+,16-/m0/s1. The highest BCUT2D eigenvalue weighted by molar-refractivity contribution is 5.73. The molecule has 0 aromatic carbocycles. The second-order valence-corrected chi connectivity index (χ2v) is 6.90. The number of aliphatic hydroxyl groups excluding tert-OH is 5. The molecule has 0 aliphatic carbocycles. The number of ether oxygens (including phenoxy) is 3. The van der Waals surface area contributed by atoms with E-state index >= 15 is 0 Å². The zero-order valence-electron chi connectivity index (χ0n) is 15.6. The first-order chi connectivity index (χ1) is 13.2. The molecule has 0 radical (unpaired) electrons. The molecular weight excluding hydrogens is 380 g/mol. The zero-order valence-corrected chi connectivity index (χ0v) is 15.6. The summed E-state index contributed by atoms with van der Waals surface area (Å²) >= 11 is 0. The fourth-order valence-electron chi connectivity index (χ4n) is 3.36. The third-order valence-electron chi connectivity index (χ3n) is 4.65. The fraction of sp³-hybridized carbons (Fsp3) is 0.875. The number of amides is 2. The molecule has 2 fully saturated rings. The normalized spacial score (nSPS) is 41.3. The molecule has 0 bridgehead atoms. The monoisotopic (exact) mass is 408 g/mol. The van der Waals surface area contributed by atoms with Gasteiger partial charge in [-0.15, -0.1) is 0 Å². The van der Waals surface area contributed by atoms with Crippen molar-refractivity contribution in [1.82, 2.24) is 10.6 Å². The van der Waals surface area contributed by atoms with E-state index in [1.165, 1.54) is 13.8 Å². The SMILES string of the molecule is CC(=O)N[C@@H]1[C@@H](O)[C@H](O[C@@H]2O[C@H](CO)C[C@H](O)[C@H]2NC(C)=O)[C@@H](CO)O[C@H]1O. The van der Waals surface area contributed by atoms with E-state index < -0.39 is 80.2 Å². The number of carbonyl (C=O) groups is 2. The van der Waals surface area contributed by atoms with Crippen molar-refractivity contribution in [1.29, 1.82) is 0 Å². The highest BCUT2D eigenvalue weighted by Crippen LogP contribution is 2.28.